The van der Waals surface area contributed by atoms with E-state index in [0.29, 0.717) is 18.3 Å². The molecule has 0 bridgehead atoms. The molecule has 174 valence electrons. The third-order valence-electron chi connectivity index (χ3n) is 6.26. The minimum atomic E-state index is -0.402. The predicted octanol–water partition coefficient (Wildman–Crippen LogP) is 5.38. The molecule has 1 N–H and O–H groups in total. The van der Waals surface area contributed by atoms with E-state index >= 15 is 0 Å². The zero-order valence-corrected chi connectivity index (χ0v) is 19.7. The van der Waals surface area contributed by atoms with Gasteiger partial charge < -0.3 is 10.1 Å². The van der Waals surface area contributed by atoms with Gasteiger partial charge in [-0.1, -0.05) is 30.3 Å². The zero-order chi connectivity index (χ0) is 21.1. The minimum Gasteiger partial charge on any atom is -0.441 e. The average Bonchev–Trinajstić information content (AvgIpc) is 3.16. The van der Waals surface area contributed by atoms with Gasteiger partial charge >= 0.3 is 6.09 Å². The van der Waals surface area contributed by atoms with Crippen LogP contribution in [0.4, 0.5) is 16.4 Å². The summed E-state index contributed by atoms with van der Waals surface area (Å²) < 4.78 is 5.81. The number of hydrogen-bond donors (Lipinski definition) is 1. The number of aromatic nitrogens is 3. The molecule has 2 fully saturated rings. The SMILES string of the molecule is Cl.Cl.O=C1OC2(CCC(CNc3ccc(-c4ccccc4)cn3)CC2)CN1c1cccnn1. The van der Waals surface area contributed by atoms with Gasteiger partial charge in [-0.25, -0.2) is 9.78 Å². The van der Waals surface area contributed by atoms with Gasteiger partial charge in [0.05, 0.1) is 6.54 Å². The molecule has 1 aliphatic carbocycles. The molecule has 1 spiro atoms. The fraction of sp³-hybridized carbons (Fsp3) is 0.333. The first-order chi connectivity index (χ1) is 15.2. The third-order valence-corrected chi connectivity index (χ3v) is 6.26. The number of benzene rings is 1. The molecular formula is C24H27Cl2N5O2. The quantitative estimate of drug-likeness (QED) is 0.520. The Hall–Kier alpha value is -2.90. The van der Waals surface area contributed by atoms with E-state index in [4.69, 9.17) is 4.74 Å². The van der Waals surface area contributed by atoms with E-state index in [1.165, 1.54) is 5.56 Å². The molecule has 2 aliphatic rings. The van der Waals surface area contributed by atoms with Crippen LogP contribution < -0.4 is 10.2 Å². The molecule has 3 aromatic rings. The van der Waals surface area contributed by atoms with Crippen LogP contribution in [0.5, 0.6) is 0 Å². The lowest BCUT2D eigenvalue weighted by molar-refractivity contribution is 0.0148. The fourth-order valence-corrected chi connectivity index (χ4v) is 4.45. The summed E-state index contributed by atoms with van der Waals surface area (Å²) in [6, 6.07) is 18.0. The molecule has 3 heterocycles. The lowest BCUT2D eigenvalue weighted by Crippen LogP contribution is -2.39. The highest BCUT2D eigenvalue weighted by atomic mass is 35.5. The Labute approximate surface area is 205 Å². The first kappa shape index (κ1) is 24.7. The molecule has 5 rings (SSSR count). The molecule has 1 aromatic carbocycles. The Morgan fingerprint density at radius 1 is 1.00 bits per heavy atom. The number of carbonyl (C=O) groups is 1. The van der Waals surface area contributed by atoms with Crippen LogP contribution in [0.15, 0.2) is 67.0 Å². The number of ether oxygens (including phenoxy) is 1. The summed E-state index contributed by atoms with van der Waals surface area (Å²) in [6.07, 6.45) is 6.94. The molecule has 33 heavy (non-hydrogen) atoms. The van der Waals surface area contributed by atoms with Gasteiger partial charge in [-0.15, -0.1) is 29.9 Å². The van der Waals surface area contributed by atoms with Crippen molar-refractivity contribution in [2.45, 2.75) is 31.3 Å². The van der Waals surface area contributed by atoms with Crippen molar-refractivity contribution in [1.82, 2.24) is 15.2 Å². The van der Waals surface area contributed by atoms with Crippen LogP contribution in [-0.2, 0) is 4.74 Å². The first-order valence-corrected chi connectivity index (χ1v) is 10.7. The maximum Gasteiger partial charge on any atom is 0.416 e. The number of amides is 1. The summed E-state index contributed by atoms with van der Waals surface area (Å²) in [6.45, 7) is 1.42. The third kappa shape index (κ3) is 5.54. The van der Waals surface area contributed by atoms with Gasteiger partial charge in [0.1, 0.15) is 11.4 Å². The number of hydrogen-bond acceptors (Lipinski definition) is 6. The number of nitrogens with one attached hydrogen (secondary N) is 1. The Bertz CT molecular complexity index is 1030. The van der Waals surface area contributed by atoms with Crippen molar-refractivity contribution in [3.05, 3.63) is 67.0 Å². The van der Waals surface area contributed by atoms with Gasteiger partial charge in [-0.05, 0) is 61.4 Å². The minimum absolute atomic E-state index is 0. The number of nitrogens with zero attached hydrogens (tertiary/aromatic N) is 4. The van der Waals surface area contributed by atoms with Crippen molar-refractivity contribution in [3.8, 4) is 11.1 Å². The van der Waals surface area contributed by atoms with E-state index in [2.05, 4.69) is 38.7 Å². The Morgan fingerprint density at radius 2 is 1.79 bits per heavy atom. The van der Waals surface area contributed by atoms with Gasteiger partial charge in [0.25, 0.3) is 0 Å². The molecule has 1 aliphatic heterocycles. The number of carbonyl (C=O) groups excluding carboxylic acids is 1. The van der Waals surface area contributed by atoms with E-state index in [9.17, 15) is 4.79 Å². The van der Waals surface area contributed by atoms with Crippen LogP contribution in [-0.4, -0.2) is 40.0 Å². The Kier molecular flexibility index (Phi) is 8.10. The van der Waals surface area contributed by atoms with E-state index < -0.39 is 5.60 Å². The molecule has 0 radical (unpaired) electrons. The van der Waals surface area contributed by atoms with Gasteiger partial charge in [-0.2, -0.15) is 5.10 Å². The van der Waals surface area contributed by atoms with Crippen molar-refractivity contribution < 1.29 is 9.53 Å². The summed E-state index contributed by atoms with van der Waals surface area (Å²) in [7, 11) is 0. The van der Waals surface area contributed by atoms with Gasteiger partial charge in [-0.3, -0.25) is 4.90 Å². The summed E-state index contributed by atoms with van der Waals surface area (Å²) in [4.78, 5) is 18.6. The van der Waals surface area contributed by atoms with E-state index in [1.54, 1.807) is 23.2 Å². The lowest BCUT2D eigenvalue weighted by atomic mass is 9.78. The van der Waals surface area contributed by atoms with Crippen LogP contribution in [0.1, 0.15) is 25.7 Å². The molecule has 7 nitrogen and oxygen atoms in total. The zero-order valence-electron chi connectivity index (χ0n) is 18.1. The summed E-state index contributed by atoms with van der Waals surface area (Å²) in [5, 5.41) is 11.4. The first-order valence-electron chi connectivity index (χ1n) is 10.7. The standard InChI is InChI=1S/C24H25N5O2.2ClH/c30-23-29(22-7-4-14-27-28-22)17-24(31-23)12-10-18(11-13-24)15-25-21-9-8-20(16-26-21)19-5-2-1-3-6-19;;/h1-9,14,16,18H,10-13,15,17H2,(H,25,26);2*1H. The smallest absolute Gasteiger partial charge is 0.416 e. The number of anilines is 2. The molecule has 1 amide bonds. The second kappa shape index (κ2) is 10.8. The van der Waals surface area contributed by atoms with Crippen LogP contribution in [0.3, 0.4) is 0 Å². The normalized spacial score (nSPS) is 21.6. The second-order valence-corrected chi connectivity index (χ2v) is 8.34. The monoisotopic (exact) mass is 487 g/mol. The maximum atomic E-state index is 12.4. The lowest BCUT2D eigenvalue weighted by Gasteiger charge is -2.35. The fourth-order valence-electron chi connectivity index (χ4n) is 4.45. The summed E-state index contributed by atoms with van der Waals surface area (Å²) in [5.41, 5.74) is 1.88. The van der Waals surface area contributed by atoms with Crippen molar-refractivity contribution in [2.75, 3.05) is 23.3 Å². The van der Waals surface area contributed by atoms with Crippen molar-refractivity contribution >= 4 is 42.5 Å². The van der Waals surface area contributed by atoms with E-state index in [1.807, 2.05) is 30.5 Å². The summed E-state index contributed by atoms with van der Waals surface area (Å²) >= 11 is 0. The van der Waals surface area contributed by atoms with Crippen molar-refractivity contribution in [2.24, 2.45) is 5.92 Å². The van der Waals surface area contributed by atoms with Gasteiger partial charge in [0, 0.05) is 24.5 Å². The largest absolute Gasteiger partial charge is 0.441 e. The maximum absolute atomic E-state index is 12.4. The van der Waals surface area contributed by atoms with Crippen LogP contribution >= 0.6 is 24.8 Å². The molecule has 1 saturated heterocycles. The highest BCUT2D eigenvalue weighted by Gasteiger charge is 2.48. The number of pyridine rings is 1. The molecule has 2 aromatic heterocycles. The molecular weight excluding hydrogens is 461 g/mol. The van der Waals surface area contributed by atoms with Crippen molar-refractivity contribution in [1.29, 1.82) is 0 Å². The topological polar surface area (TPSA) is 80.2 Å². The summed E-state index contributed by atoms with van der Waals surface area (Å²) in [5.74, 6) is 1.98. The number of rotatable bonds is 5. The highest BCUT2D eigenvalue weighted by molar-refractivity contribution is 5.89. The molecule has 0 atom stereocenters. The molecule has 0 unspecified atom stereocenters. The predicted molar refractivity (Wildman–Crippen MR) is 133 cm³/mol. The molecule has 9 heteroatoms. The van der Waals surface area contributed by atoms with Crippen LogP contribution in [0.25, 0.3) is 11.1 Å². The van der Waals surface area contributed by atoms with Crippen LogP contribution in [0, 0.1) is 5.92 Å². The van der Waals surface area contributed by atoms with E-state index in [0.717, 1.165) is 43.6 Å². The van der Waals surface area contributed by atoms with E-state index in [-0.39, 0.29) is 30.9 Å². The average molecular weight is 488 g/mol. The Morgan fingerprint density at radius 3 is 2.45 bits per heavy atom. The highest BCUT2D eigenvalue weighted by Crippen LogP contribution is 2.40. The molecule has 1 saturated carbocycles. The second-order valence-electron chi connectivity index (χ2n) is 8.34. The van der Waals surface area contributed by atoms with Crippen LogP contribution in [0.2, 0.25) is 0 Å². The Balaban J connectivity index is 0.00000153. The van der Waals surface area contributed by atoms with Gasteiger partial charge in [0.15, 0.2) is 5.82 Å². The van der Waals surface area contributed by atoms with Gasteiger partial charge in [0.2, 0.25) is 0 Å². The number of halogens is 2. The van der Waals surface area contributed by atoms with Crippen molar-refractivity contribution in [3.63, 3.8) is 0 Å².